The Labute approximate surface area is 207 Å². The van der Waals surface area contributed by atoms with E-state index in [4.69, 9.17) is 16.1 Å². The van der Waals surface area contributed by atoms with Gasteiger partial charge in [-0.05, 0) is 30.7 Å². The van der Waals surface area contributed by atoms with E-state index in [1.807, 2.05) is 30.3 Å². The second-order valence-corrected chi connectivity index (χ2v) is 8.32. The van der Waals surface area contributed by atoms with Crippen molar-refractivity contribution in [3.8, 4) is 11.5 Å². The van der Waals surface area contributed by atoms with Crippen molar-refractivity contribution in [3.63, 3.8) is 0 Å². The number of amides is 1. The molecule has 0 unspecified atom stereocenters. The lowest BCUT2D eigenvalue weighted by atomic mass is 10.1. The van der Waals surface area contributed by atoms with Crippen LogP contribution in [0.25, 0.3) is 11.5 Å². The molecule has 180 valence electrons. The summed E-state index contributed by atoms with van der Waals surface area (Å²) in [4.78, 5) is 26.9. The number of nitrogens with one attached hydrogen (secondary N) is 2. The van der Waals surface area contributed by atoms with Crippen LogP contribution in [-0.2, 0) is 0 Å². The normalized spacial score (nSPS) is 11.7. The Balaban J connectivity index is 1.66. The first-order valence-corrected chi connectivity index (χ1v) is 11.1. The molecule has 35 heavy (non-hydrogen) atoms. The van der Waals surface area contributed by atoms with Crippen LogP contribution in [0, 0.1) is 6.92 Å². The molecule has 2 heterocycles. The summed E-state index contributed by atoms with van der Waals surface area (Å²) in [6.07, 6.45) is 1.55. The van der Waals surface area contributed by atoms with Gasteiger partial charge in [-0.1, -0.05) is 47.1 Å². The maximum Gasteiger partial charge on any atom is 0.263 e. The van der Waals surface area contributed by atoms with Gasteiger partial charge in [0.1, 0.15) is 11.4 Å². The van der Waals surface area contributed by atoms with Crippen LogP contribution >= 0.6 is 11.6 Å². The zero-order chi connectivity index (χ0) is 24.9. The van der Waals surface area contributed by atoms with Crippen LogP contribution in [-0.4, -0.2) is 56.7 Å². The molecule has 0 aliphatic carbocycles. The van der Waals surface area contributed by atoms with Crippen LogP contribution in [0.3, 0.4) is 0 Å². The predicted octanol–water partition coefficient (Wildman–Crippen LogP) is 4.08. The fourth-order valence-corrected chi connectivity index (χ4v) is 3.60. The number of hydrogen-bond donors (Lipinski definition) is 3. The maximum absolute atomic E-state index is 12.2. The van der Waals surface area contributed by atoms with Gasteiger partial charge in [-0.2, -0.15) is 9.97 Å². The van der Waals surface area contributed by atoms with E-state index < -0.39 is 6.04 Å². The van der Waals surface area contributed by atoms with Gasteiger partial charge in [-0.15, -0.1) is 0 Å². The number of anilines is 3. The molecule has 4 rings (SSSR count). The van der Waals surface area contributed by atoms with E-state index in [1.54, 1.807) is 45.4 Å². The van der Waals surface area contributed by atoms with Gasteiger partial charge in [0.15, 0.2) is 5.82 Å². The number of benzene rings is 2. The number of nitrogens with zero attached hydrogens (tertiary/aromatic N) is 5. The molecule has 0 fully saturated rings. The van der Waals surface area contributed by atoms with Gasteiger partial charge in [0, 0.05) is 26.0 Å². The monoisotopic (exact) mass is 493 g/mol. The standard InChI is InChI=1S/C24H24ClN7O3/c1-14-27-22(35-31-14)18-12-26-24(28-16-9-10-17(19(25)11-16)23(34)32(2)3)30-21(18)29-20(13-33)15-7-5-4-6-8-15/h4-12,20,33H,13H2,1-3H3,(H2,26,28,29,30)/t20-/m1/s1. The number of carbonyl (C=O) groups excluding carboxylic acids is 1. The van der Waals surface area contributed by atoms with Gasteiger partial charge in [0.2, 0.25) is 5.95 Å². The Morgan fingerprint density at radius 2 is 1.94 bits per heavy atom. The third-order valence-electron chi connectivity index (χ3n) is 5.10. The van der Waals surface area contributed by atoms with E-state index in [0.29, 0.717) is 33.5 Å². The summed E-state index contributed by atoms with van der Waals surface area (Å²) in [6, 6.07) is 14.0. The Bertz CT molecular complexity index is 1330. The second-order valence-electron chi connectivity index (χ2n) is 7.91. The first kappa shape index (κ1) is 24.1. The first-order valence-electron chi connectivity index (χ1n) is 10.7. The predicted molar refractivity (Wildman–Crippen MR) is 133 cm³/mol. The van der Waals surface area contributed by atoms with Crippen LogP contribution in [0.4, 0.5) is 17.5 Å². The van der Waals surface area contributed by atoms with E-state index in [-0.39, 0.29) is 24.4 Å². The molecule has 0 saturated carbocycles. The molecule has 4 aromatic rings. The van der Waals surface area contributed by atoms with Crippen LogP contribution in [0.5, 0.6) is 0 Å². The SMILES string of the molecule is Cc1noc(-c2cnc(Nc3ccc(C(=O)N(C)C)c(Cl)c3)nc2N[C@H](CO)c2ccccc2)n1. The molecule has 0 saturated heterocycles. The number of carbonyl (C=O) groups is 1. The number of halogens is 1. The maximum atomic E-state index is 12.2. The third-order valence-corrected chi connectivity index (χ3v) is 5.42. The summed E-state index contributed by atoms with van der Waals surface area (Å²) in [5.74, 6) is 1.17. The van der Waals surface area contributed by atoms with Crippen LogP contribution < -0.4 is 10.6 Å². The lowest BCUT2D eigenvalue weighted by Crippen LogP contribution is -2.22. The van der Waals surface area contributed by atoms with Gasteiger partial charge in [-0.3, -0.25) is 4.79 Å². The Morgan fingerprint density at radius 1 is 1.17 bits per heavy atom. The van der Waals surface area contributed by atoms with Gasteiger partial charge < -0.3 is 25.2 Å². The van der Waals surface area contributed by atoms with E-state index in [9.17, 15) is 9.90 Å². The lowest BCUT2D eigenvalue weighted by Gasteiger charge is -2.19. The Morgan fingerprint density at radius 3 is 2.57 bits per heavy atom. The summed E-state index contributed by atoms with van der Waals surface area (Å²) < 4.78 is 5.32. The smallest absolute Gasteiger partial charge is 0.263 e. The summed E-state index contributed by atoms with van der Waals surface area (Å²) in [5, 5.41) is 20.5. The average molecular weight is 494 g/mol. The molecule has 0 radical (unpaired) electrons. The van der Waals surface area contributed by atoms with Crippen molar-refractivity contribution in [3.05, 3.63) is 76.7 Å². The van der Waals surface area contributed by atoms with Gasteiger partial charge in [0.05, 0.1) is 23.2 Å². The van der Waals surface area contributed by atoms with E-state index in [0.717, 1.165) is 5.56 Å². The highest BCUT2D eigenvalue weighted by Crippen LogP contribution is 2.30. The average Bonchev–Trinajstić information content (AvgIpc) is 3.28. The Hall–Kier alpha value is -4.02. The topological polar surface area (TPSA) is 129 Å². The van der Waals surface area contributed by atoms with Crippen molar-refractivity contribution in [1.29, 1.82) is 0 Å². The minimum absolute atomic E-state index is 0.171. The number of aliphatic hydroxyl groups excluding tert-OH is 1. The molecule has 2 aromatic carbocycles. The molecule has 0 spiro atoms. The van der Waals surface area contributed by atoms with E-state index in [2.05, 4.69) is 30.7 Å². The molecule has 3 N–H and O–H groups in total. The second kappa shape index (κ2) is 10.5. The summed E-state index contributed by atoms with van der Waals surface area (Å²) in [6.45, 7) is 1.54. The largest absolute Gasteiger partial charge is 0.394 e. The van der Waals surface area contributed by atoms with Crippen molar-refractivity contribution in [1.82, 2.24) is 25.0 Å². The zero-order valence-corrected chi connectivity index (χ0v) is 20.1. The third kappa shape index (κ3) is 5.56. The van der Waals surface area contributed by atoms with Crippen LogP contribution in [0.2, 0.25) is 5.02 Å². The fourth-order valence-electron chi connectivity index (χ4n) is 3.34. The molecule has 10 nitrogen and oxygen atoms in total. The highest BCUT2D eigenvalue weighted by molar-refractivity contribution is 6.34. The first-order chi connectivity index (χ1) is 16.9. The number of aryl methyl sites for hydroxylation is 1. The molecular formula is C24H24ClN7O3. The number of aromatic nitrogens is 4. The van der Waals surface area contributed by atoms with Crippen molar-refractivity contribution in [2.45, 2.75) is 13.0 Å². The van der Waals surface area contributed by atoms with Crippen molar-refractivity contribution >= 4 is 35.0 Å². The quantitative estimate of drug-likeness (QED) is 0.332. The highest BCUT2D eigenvalue weighted by atomic mass is 35.5. The van der Waals surface area contributed by atoms with Crippen molar-refractivity contribution in [2.75, 3.05) is 31.3 Å². The number of aliphatic hydroxyl groups is 1. The lowest BCUT2D eigenvalue weighted by molar-refractivity contribution is 0.0828. The summed E-state index contributed by atoms with van der Waals surface area (Å²) in [5.41, 5.74) is 2.35. The summed E-state index contributed by atoms with van der Waals surface area (Å²) in [7, 11) is 3.32. The van der Waals surface area contributed by atoms with Crippen molar-refractivity contribution in [2.24, 2.45) is 0 Å². The molecule has 0 aliphatic heterocycles. The minimum atomic E-state index is -0.438. The molecule has 11 heteroatoms. The molecular weight excluding hydrogens is 470 g/mol. The van der Waals surface area contributed by atoms with Gasteiger partial charge in [0.25, 0.3) is 11.8 Å². The van der Waals surface area contributed by atoms with Crippen LogP contribution in [0.1, 0.15) is 27.8 Å². The molecule has 1 amide bonds. The van der Waals surface area contributed by atoms with Crippen molar-refractivity contribution < 1.29 is 14.4 Å². The van der Waals surface area contributed by atoms with Crippen LogP contribution in [0.15, 0.2) is 59.3 Å². The molecule has 0 aliphatic rings. The van der Waals surface area contributed by atoms with E-state index in [1.165, 1.54) is 4.90 Å². The minimum Gasteiger partial charge on any atom is -0.394 e. The number of rotatable bonds is 8. The zero-order valence-electron chi connectivity index (χ0n) is 19.4. The molecule has 0 bridgehead atoms. The molecule has 2 aromatic heterocycles. The summed E-state index contributed by atoms with van der Waals surface area (Å²) >= 11 is 6.33. The highest BCUT2D eigenvalue weighted by Gasteiger charge is 2.20. The van der Waals surface area contributed by atoms with Gasteiger partial charge in [-0.25, -0.2) is 4.98 Å². The number of hydrogen-bond acceptors (Lipinski definition) is 9. The van der Waals surface area contributed by atoms with Gasteiger partial charge >= 0.3 is 0 Å². The fraction of sp³-hybridized carbons (Fsp3) is 0.208. The molecule has 1 atom stereocenters. The Kier molecular flexibility index (Phi) is 7.23. The van der Waals surface area contributed by atoms with E-state index >= 15 is 0 Å².